The Hall–Kier alpha value is -1.45. The quantitative estimate of drug-likeness (QED) is 0.662. The van der Waals surface area contributed by atoms with E-state index in [2.05, 4.69) is 41.5 Å². The largest absolute Gasteiger partial charge is 0.470 e. The normalized spacial score (nSPS) is 13.7. The van der Waals surface area contributed by atoms with Gasteiger partial charge < -0.3 is 9.79 Å². The number of phosphoric acid groups is 1. The zero-order valence-corrected chi connectivity index (χ0v) is 18.2. The van der Waals surface area contributed by atoms with Crippen LogP contribution in [0.2, 0.25) is 0 Å². The first kappa shape index (κ1) is 21.8. The Labute approximate surface area is 162 Å². The molecule has 0 amide bonds. The van der Waals surface area contributed by atoms with Crippen LogP contribution in [0, 0.1) is 0 Å². The Balaban J connectivity index is 2.89. The Morgan fingerprint density at radius 1 is 0.667 bits per heavy atom. The summed E-state index contributed by atoms with van der Waals surface area (Å²) in [5.74, 6) is 0. The lowest BCUT2D eigenvalue weighted by Gasteiger charge is -2.38. The van der Waals surface area contributed by atoms with Crippen LogP contribution in [0.3, 0.4) is 0 Å². The highest BCUT2D eigenvalue weighted by molar-refractivity contribution is 7.46. The molecule has 0 saturated carbocycles. The molecule has 0 aliphatic carbocycles. The van der Waals surface area contributed by atoms with Crippen LogP contribution in [0.4, 0.5) is 0 Å². The maximum Gasteiger partial charge on any atom is 0.470 e. The van der Waals surface area contributed by atoms with Crippen molar-refractivity contribution in [1.29, 1.82) is 0 Å². The fourth-order valence-corrected chi connectivity index (χ4v) is 4.26. The molecule has 2 rings (SSSR count). The molecule has 0 heterocycles. The summed E-state index contributed by atoms with van der Waals surface area (Å²) in [4.78, 5) is 19.5. The molecule has 0 unspecified atom stereocenters. The Morgan fingerprint density at radius 2 is 0.963 bits per heavy atom. The van der Waals surface area contributed by atoms with Crippen molar-refractivity contribution >= 4 is 7.82 Å². The van der Waals surface area contributed by atoms with Gasteiger partial charge in [-0.2, -0.15) is 0 Å². The van der Waals surface area contributed by atoms with E-state index in [1.54, 1.807) is 6.92 Å². The van der Waals surface area contributed by atoms with Gasteiger partial charge in [-0.15, -0.1) is 0 Å². The van der Waals surface area contributed by atoms with E-state index in [9.17, 15) is 14.4 Å². The van der Waals surface area contributed by atoms with Crippen molar-refractivity contribution in [2.45, 2.75) is 64.9 Å². The molecule has 0 saturated heterocycles. The summed E-state index contributed by atoms with van der Waals surface area (Å²) in [6, 6.07) is 15.4. The van der Waals surface area contributed by atoms with Crippen LogP contribution in [-0.4, -0.2) is 9.79 Å². The van der Waals surface area contributed by atoms with Crippen LogP contribution >= 0.6 is 7.82 Å². The van der Waals surface area contributed by atoms with Gasteiger partial charge in [-0.3, -0.25) is 4.52 Å². The topological polar surface area (TPSA) is 66.8 Å². The monoisotopic (exact) mass is 390 g/mol. The maximum absolute atomic E-state index is 12.0. The first-order chi connectivity index (χ1) is 12.2. The van der Waals surface area contributed by atoms with E-state index in [0.717, 1.165) is 22.3 Å². The van der Waals surface area contributed by atoms with Gasteiger partial charge in [0.2, 0.25) is 0 Å². The average molecular weight is 390 g/mol. The number of phosphoric ester groups is 1. The first-order valence-electron chi connectivity index (χ1n) is 9.12. The molecule has 0 fully saturated rings. The van der Waals surface area contributed by atoms with Crippen molar-refractivity contribution < 1.29 is 18.9 Å². The summed E-state index contributed by atoms with van der Waals surface area (Å²) in [7, 11) is -4.76. The van der Waals surface area contributed by atoms with Crippen LogP contribution in [0.5, 0.6) is 0 Å². The summed E-state index contributed by atoms with van der Waals surface area (Å²) in [5.41, 5.74) is 1.77. The molecular weight excluding hydrogens is 359 g/mol. The number of benzene rings is 2. The van der Waals surface area contributed by atoms with E-state index in [1.807, 2.05) is 48.5 Å². The van der Waals surface area contributed by atoms with E-state index >= 15 is 0 Å². The highest BCUT2D eigenvalue weighted by atomic mass is 31.2. The summed E-state index contributed by atoms with van der Waals surface area (Å²) in [6.07, 6.45) is 0. The molecule has 0 atom stereocenters. The lowest BCUT2D eigenvalue weighted by Crippen LogP contribution is -2.33. The lowest BCUT2D eigenvalue weighted by atomic mass is 9.72. The van der Waals surface area contributed by atoms with E-state index in [4.69, 9.17) is 4.52 Å². The molecule has 0 aromatic heterocycles. The second-order valence-electron chi connectivity index (χ2n) is 9.21. The Kier molecular flexibility index (Phi) is 5.81. The number of hydrogen-bond donors (Lipinski definition) is 2. The van der Waals surface area contributed by atoms with Crippen molar-refractivity contribution in [2.24, 2.45) is 0 Å². The molecule has 2 N–H and O–H groups in total. The molecular formula is C22H31O4P. The van der Waals surface area contributed by atoms with Gasteiger partial charge in [0.05, 0.1) is 0 Å². The van der Waals surface area contributed by atoms with E-state index in [0.29, 0.717) is 0 Å². The van der Waals surface area contributed by atoms with Crippen molar-refractivity contribution in [3.63, 3.8) is 0 Å². The average Bonchev–Trinajstić information content (AvgIpc) is 2.51. The van der Waals surface area contributed by atoms with Crippen LogP contribution < -0.4 is 0 Å². The molecule has 4 nitrogen and oxygen atoms in total. The van der Waals surface area contributed by atoms with Crippen LogP contribution in [0.25, 0.3) is 0 Å². The smallest absolute Gasteiger partial charge is 0.303 e. The van der Waals surface area contributed by atoms with E-state index in [-0.39, 0.29) is 10.8 Å². The number of hydrogen-bond acceptors (Lipinski definition) is 2. The van der Waals surface area contributed by atoms with Gasteiger partial charge in [0, 0.05) is 0 Å². The minimum atomic E-state index is -4.76. The van der Waals surface area contributed by atoms with Gasteiger partial charge in [-0.1, -0.05) is 90.1 Å². The lowest BCUT2D eigenvalue weighted by molar-refractivity contribution is 0.0779. The summed E-state index contributed by atoms with van der Waals surface area (Å²) < 4.78 is 17.5. The van der Waals surface area contributed by atoms with Gasteiger partial charge in [0.1, 0.15) is 5.60 Å². The highest BCUT2D eigenvalue weighted by Gasteiger charge is 2.42. The van der Waals surface area contributed by atoms with Gasteiger partial charge in [0.15, 0.2) is 0 Å². The summed E-state index contributed by atoms with van der Waals surface area (Å²) in [6.45, 7) is 14.2. The molecule has 27 heavy (non-hydrogen) atoms. The fourth-order valence-electron chi connectivity index (χ4n) is 3.59. The van der Waals surface area contributed by atoms with Gasteiger partial charge >= 0.3 is 7.82 Å². The summed E-state index contributed by atoms with van der Waals surface area (Å²) >= 11 is 0. The predicted octanol–water partition coefficient (Wildman–Crippen LogP) is 5.65. The highest BCUT2D eigenvalue weighted by Crippen LogP contribution is 2.52. The molecule has 0 bridgehead atoms. The summed E-state index contributed by atoms with van der Waals surface area (Å²) in [5, 5.41) is 0. The molecule has 2 aromatic rings. The van der Waals surface area contributed by atoms with Crippen molar-refractivity contribution in [2.75, 3.05) is 0 Å². The minimum Gasteiger partial charge on any atom is -0.303 e. The molecule has 5 heteroatoms. The predicted molar refractivity (Wildman–Crippen MR) is 110 cm³/mol. The second kappa shape index (κ2) is 7.18. The second-order valence-corrected chi connectivity index (χ2v) is 10.4. The van der Waals surface area contributed by atoms with Crippen molar-refractivity contribution in [1.82, 2.24) is 0 Å². The van der Waals surface area contributed by atoms with Crippen LogP contribution in [0.15, 0.2) is 48.5 Å². The third kappa shape index (κ3) is 4.89. The molecule has 2 aromatic carbocycles. The van der Waals surface area contributed by atoms with Crippen LogP contribution in [0.1, 0.15) is 70.7 Å². The van der Waals surface area contributed by atoms with Crippen molar-refractivity contribution in [3.8, 4) is 0 Å². The Morgan fingerprint density at radius 3 is 1.22 bits per heavy atom. The van der Waals surface area contributed by atoms with Crippen molar-refractivity contribution in [3.05, 3.63) is 70.8 Å². The molecule has 0 aliphatic heterocycles. The Bertz CT molecular complexity index is 796. The standard InChI is InChI=1S/C22H31O4P/c1-20(2,3)16-12-8-10-14-18(16)22(7,26-27(23,24)25)19-15-11-9-13-17(19)21(4,5)6/h8-15H,1-7H3,(H2,23,24,25). The third-order valence-corrected chi connectivity index (χ3v) is 5.40. The minimum absolute atomic E-state index is 0.215. The first-order valence-corrected chi connectivity index (χ1v) is 10.7. The van der Waals surface area contributed by atoms with E-state index < -0.39 is 13.4 Å². The van der Waals surface area contributed by atoms with Crippen LogP contribution in [-0.2, 0) is 25.5 Å². The molecule has 0 spiro atoms. The molecule has 0 radical (unpaired) electrons. The van der Waals surface area contributed by atoms with Gasteiger partial charge in [0.25, 0.3) is 0 Å². The third-order valence-electron chi connectivity index (χ3n) is 4.80. The van der Waals surface area contributed by atoms with E-state index in [1.165, 1.54) is 0 Å². The van der Waals surface area contributed by atoms with Gasteiger partial charge in [-0.25, -0.2) is 4.57 Å². The SMILES string of the molecule is CC(C)(C)c1ccccc1C(C)(OP(=O)(O)O)c1ccccc1C(C)(C)C. The fraction of sp³-hybridized carbons (Fsp3) is 0.455. The molecule has 148 valence electrons. The maximum atomic E-state index is 12.0. The molecule has 0 aliphatic rings. The number of rotatable bonds is 4. The zero-order valence-electron chi connectivity index (χ0n) is 17.3. The van der Waals surface area contributed by atoms with Gasteiger partial charge in [-0.05, 0) is 40.0 Å². The zero-order chi connectivity index (χ0) is 20.7.